The van der Waals surface area contributed by atoms with Crippen LogP contribution >= 0.6 is 0 Å². The Kier molecular flexibility index (Phi) is 9.01. The van der Waals surface area contributed by atoms with E-state index in [9.17, 15) is 0 Å². The summed E-state index contributed by atoms with van der Waals surface area (Å²) in [5, 5.41) is 3.21. The third kappa shape index (κ3) is 6.48. The van der Waals surface area contributed by atoms with Gasteiger partial charge >= 0.3 is 0 Å². The SMILES string of the molecule is CC1(C)c2ccccc2-c2cc(-n3c4ccc(-c5nc(-c6ccccc6)nc(-c6ccccc6)n5)cc4c4cc(-c5nc(-c6ccccc6)nc(-c6ccccc6)n5)ccc43)nc3cccc1c23. The zero-order valence-electron chi connectivity index (χ0n) is 37.2. The maximum Gasteiger partial charge on any atom is 0.164 e. The highest BCUT2D eigenvalue weighted by Crippen LogP contribution is 2.49. The van der Waals surface area contributed by atoms with E-state index in [1.54, 1.807) is 0 Å². The molecule has 0 atom stereocenters. The van der Waals surface area contributed by atoms with Crippen molar-refractivity contribution >= 4 is 32.7 Å². The first-order chi connectivity index (χ1) is 33.4. The molecule has 0 amide bonds. The lowest BCUT2D eigenvalue weighted by atomic mass is 9.69. The predicted molar refractivity (Wildman–Crippen MR) is 273 cm³/mol. The summed E-state index contributed by atoms with van der Waals surface area (Å²) in [4.78, 5) is 36.0. The van der Waals surface area contributed by atoms with Crippen LogP contribution in [0.1, 0.15) is 25.0 Å². The van der Waals surface area contributed by atoms with Gasteiger partial charge in [0.05, 0.1) is 16.6 Å². The van der Waals surface area contributed by atoms with E-state index in [-0.39, 0.29) is 5.41 Å². The van der Waals surface area contributed by atoms with Gasteiger partial charge in [0.25, 0.3) is 0 Å². The van der Waals surface area contributed by atoms with Crippen molar-refractivity contribution in [3.05, 3.63) is 217 Å². The molecule has 0 saturated carbocycles. The summed E-state index contributed by atoms with van der Waals surface area (Å²) in [7, 11) is 0. The lowest BCUT2D eigenvalue weighted by molar-refractivity contribution is 0.645. The van der Waals surface area contributed by atoms with Crippen LogP contribution in [0.25, 0.3) is 118 Å². The van der Waals surface area contributed by atoms with Gasteiger partial charge < -0.3 is 0 Å². The van der Waals surface area contributed by atoms with Crippen LogP contribution in [0.3, 0.4) is 0 Å². The molecule has 0 radical (unpaired) electrons. The van der Waals surface area contributed by atoms with Gasteiger partial charge in [0.1, 0.15) is 5.82 Å². The Balaban J connectivity index is 1.07. The summed E-state index contributed by atoms with van der Waals surface area (Å²) in [6.45, 7) is 4.63. The second kappa shape index (κ2) is 15.6. The van der Waals surface area contributed by atoms with Crippen LogP contribution in [0.5, 0.6) is 0 Å². The van der Waals surface area contributed by atoms with Crippen molar-refractivity contribution in [2.45, 2.75) is 19.3 Å². The van der Waals surface area contributed by atoms with Crippen molar-refractivity contribution in [2.24, 2.45) is 0 Å². The Bertz CT molecular complexity index is 3630. The second-order valence-corrected chi connectivity index (χ2v) is 17.8. The predicted octanol–water partition coefficient (Wildman–Crippen LogP) is 14.0. The zero-order valence-corrected chi connectivity index (χ0v) is 37.2. The molecule has 8 heteroatoms. The van der Waals surface area contributed by atoms with Crippen LogP contribution in [0.15, 0.2) is 206 Å². The average molecular weight is 873 g/mol. The molecule has 320 valence electrons. The fourth-order valence-corrected chi connectivity index (χ4v) is 9.95. The first-order valence-corrected chi connectivity index (χ1v) is 22.8. The lowest BCUT2D eigenvalue weighted by Crippen LogP contribution is -2.23. The van der Waals surface area contributed by atoms with E-state index in [0.717, 1.165) is 66.5 Å². The van der Waals surface area contributed by atoms with E-state index < -0.39 is 0 Å². The third-order valence-electron chi connectivity index (χ3n) is 13.3. The summed E-state index contributed by atoms with van der Waals surface area (Å²) in [6, 6.07) is 70.9. The Morgan fingerprint density at radius 3 is 1.18 bits per heavy atom. The Hall–Kier alpha value is -9.01. The monoisotopic (exact) mass is 872 g/mol. The van der Waals surface area contributed by atoms with Gasteiger partial charge in [-0.15, -0.1) is 0 Å². The van der Waals surface area contributed by atoms with Crippen molar-refractivity contribution in [1.29, 1.82) is 0 Å². The van der Waals surface area contributed by atoms with Crippen molar-refractivity contribution in [1.82, 2.24) is 39.5 Å². The molecule has 0 aliphatic heterocycles. The van der Waals surface area contributed by atoms with Crippen LogP contribution < -0.4 is 0 Å². The fraction of sp³-hybridized carbons (Fsp3) is 0.0500. The quantitative estimate of drug-likeness (QED) is 0.157. The molecule has 0 fully saturated rings. The van der Waals surface area contributed by atoms with Crippen LogP contribution in [-0.4, -0.2) is 39.5 Å². The second-order valence-electron chi connectivity index (χ2n) is 17.8. The highest BCUT2D eigenvalue weighted by atomic mass is 15.1. The number of rotatable bonds is 7. The molecule has 0 N–H and O–H groups in total. The summed E-state index contributed by atoms with van der Waals surface area (Å²) < 4.78 is 2.29. The topological polar surface area (TPSA) is 95.2 Å². The van der Waals surface area contributed by atoms with Crippen LogP contribution in [-0.2, 0) is 5.41 Å². The number of pyridine rings is 1. The van der Waals surface area contributed by atoms with E-state index in [1.165, 1.54) is 27.6 Å². The molecule has 4 heterocycles. The summed E-state index contributed by atoms with van der Waals surface area (Å²) in [5.74, 6) is 4.41. The highest BCUT2D eigenvalue weighted by molar-refractivity contribution is 6.12. The first kappa shape index (κ1) is 39.4. The molecule has 1 aliphatic carbocycles. The number of hydrogen-bond donors (Lipinski definition) is 0. The molecule has 0 bridgehead atoms. The average Bonchev–Trinajstić information content (AvgIpc) is 3.74. The van der Waals surface area contributed by atoms with Crippen molar-refractivity contribution in [2.75, 3.05) is 0 Å². The van der Waals surface area contributed by atoms with E-state index in [2.05, 4.69) is 103 Å². The maximum atomic E-state index is 5.50. The third-order valence-corrected chi connectivity index (χ3v) is 13.3. The summed E-state index contributed by atoms with van der Waals surface area (Å²) in [5.41, 5.74) is 13.1. The normalized spacial score (nSPS) is 12.7. The van der Waals surface area contributed by atoms with Crippen molar-refractivity contribution < 1.29 is 0 Å². The Morgan fingerprint density at radius 1 is 0.324 bits per heavy atom. The molecule has 4 aromatic heterocycles. The molecule has 13 rings (SSSR count). The number of nitrogens with zero attached hydrogens (tertiary/aromatic N) is 8. The van der Waals surface area contributed by atoms with E-state index in [1.807, 2.05) is 121 Å². The minimum absolute atomic E-state index is 0.183. The molecule has 8 nitrogen and oxygen atoms in total. The number of fused-ring (bicyclic) bond motifs is 5. The van der Waals surface area contributed by atoms with Crippen LogP contribution in [0.4, 0.5) is 0 Å². The van der Waals surface area contributed by atoms with Gasteiger partial charge in [0, 0.05) is 55.0 Å². The Labute approximate surface area is 392 Å². The lowest BCUT2D eigenvalue weighted by Gasteiger charge is -2.35. The molecule has 12 aromatic rings. The fourth-order valence-electron chi connectivity index (χ4n) is 9.95. The number of hydrogen-bond acceptors (Lipinski definition) is 7. The molecule has 8 aromatic carbocycles. The highest BCUT2D eigenvalue weighted by Gasteiger charge is 2.34. The molecule has 68 heavy (non-hydrogen) atoms. The number of aromatic nitrogens is 8. The standard InChI is InChI=1S/C60H40N8/c1-60(2)47-27-16-15-26-43(47)46-36-52(61-49-29-17-28-48(60)53(46)49)68-50-32-30-41(58-64-54(37-18-7-3-8-19-37)62-55(65-58)38-20-9-4-10-21-38)34-44(50)45-35-42(31-33-51(45)68)59-66-56(39-22-11-5-12-23-39)63-57(67-59)40-24-13-6-14-25-40/h3-36H,1-2H3. The van der Waals surface area contributed by atoms with E-state index in [0.29, 0.717) is 34.9 Å². The largest absolute Gasteiger partial charge is 0.294 e. The molecule has 0 unspecified atom stereocenters. The Morgan fingerprint density at radius 2 is 0.721 bits per heavy atom. The van der Waals surface area contributed by atoms with Crippen molar-refractivity contribution in [3.63, 3.8) is 0 Å². The van der Waals surface area contributed by atoms with Gasteiger partial charge in [-0.1, -0.05) is 172 Å². The molecular formula is C60H40N8. The van der Waals surface area contributed by atoms with E-state index >= 15 is 0 Å². The molecule has 0 spiro atoms. The number of benzene rings is 8. The molecular weight excluding hydrogens is 833 g/mol. The van der Waals surface area contributed by atoms with Crippen LogP contribution in [0, 0.1) is 0 Å². The van der Waals surface area contributed by atoms with Crippen molar-refractivity contribution in [3.8, 4) is 85.3 Å². The van der Waals surface area contributed by atoms with Gasteiger partial charge in [0.2, 0.25) is 0 Å². The van der Waals surface area contributed by atoms with Crippen LogP contribution in [0.2, 0.25) is 0 Å². The van der Waals surface area contributed by atoms with Gasteiger partial charge in [-0.25, -0.2) is 34.9 Å². The molecule has 0 saturated heterocycles. The first-order valence-electron chi connectivity index (χ1n) is 22.8. The van der Waals surface area contributed by atoms with Gasteiger partial charge in [-0.2, -0.15) is 0 Å². The van der Waals surface area contributed by atoms with Gasteiger partial charge in [0.15, 0.2) is 34.9 Å². The minimum atomic E-state index is -0.183. The smallest absolute Gasteiger partial charge is 0.164 e. The summed E-state index contributed by atoms with van der Waals surface area (Å²) in [6.07, 6.45) is 0. The molecule has 1 aliphatic rings. The minimum Gasteiger partial charge on any atom is -0.294 e. The van der Waals surface area contributed by atoms with E-state index in [4.69, 9.17) is 34.9 Å². The maximum absolute atomic E-state index is 5.50. The van der Waals surface area contributed by atoms with Gasteiger partial charge in [-0.05, 0) is 70.8 Å². The zero-order chi connectivity index (χ0) is 45.3. The van der Waals surface area contributed by atoms with Gasteiger partial charge in [-0.3, -0.25) is 4.57 Å². The summed E-state index contributed by atoms with van der Waals surface area (Å²) >= 11 is 0.